The lowest BCUT2D eigenvalue weighted by molar-refractivity contribution is -0.149. The van der Waals surface area contributed by atoms with Gasteiger partial charge in [0.1, 0.15) is 6.04 Å². The molecule has 4 heteroatoms. The molecule has 2 N–H and O–H groups in total. The molecule has 1 atom stereocenters. The molecule has 0 aromatic heterocycles. The summed E-state index contributed by atoms with van der Waals surface area (Å²) in [5, 5.41) is 0. The van der Waals surface area contributed by atoms with E-state index < -0.39 is 12.2 Å². The van der Waals surface area contributed by atoms with Crippen LogP contribution in [0.2, 0.25) is 0 Å². The molecule has 0 aliphatic carbocycles. The number of halogens is 3. The van der Waals surface area contributed by atoms with E-state index in [9.17, 15) is 13.2 Å². The maximum Gasteiger partial charge on any atom is 0.403 e. The van der Waals surface area contributed by atoms with Crippen molar-refractivity contribution in [2.75, 3.05) is 0 Å². The molecule has 1 nitrogen and oxygen atoms in total. The number of unbranched alkanes of at least 4 members (excludes halogenated alkanes) is 1. The normalized spacial score (nSPS) is 15.3. The second-order valence-corrected chi connectivity index (χ2v) is 2.29. The van der Waals surface area contributed by atoms with Gasteiger partial charge >= 0.3 is 6.18 Å². The first-order chi connectivity index (χ1) is 4.48. The Morgan fingerprint density at radius 2 is 1.90 bits per heavy atom. The lowest BCUT2D eigenvalue weighted by Gasteiger charge is -2.14. The van der Waals surface area contributed by atoms with Crippen LogP contribution in [-0.2, 0) is 0 Å². The minimum Gasteiger partial charge on any atom is -0.320 e. The first-order valence-electron chi connectivity index (χ1n) is 3.30. The van der Waals surface area contributed by atoms with Gasteiger partial charge in [0, 0.05) is 0 Å². The van der Waals surface area contributed by atoms with E-state index in [1.165, 1.54) is 0 Å². The van der Waals surface area contributed by atoms with Gasteiger partial charge in [-0.2, -0.15) is 13.2 Å². The molecule has 0 unspecified atom stereocenters. The first kappa shape index (κ1) is 9.75. The highest BCUT2D eigenvalue weighted by atomic mass is 19.4. The fourth-order valence-corrected chi connectivity index (χ4v) is 0.588. The van der Waals surface area contributed by atoms with Crippen LogP contribution in [0.4, 0.5) is 13.2 Å². The summed E-state index contributed by atoms with van der Waals surface area (Å²) < 4.78 is 34.9. The van der Waals surface area contributed by atoms with Crippen molar-refractivity contribution in [2.45, 2.75) is 38.4 Å². The van der Waals surface area contributed by atoms with Crippen LogP contribution in [0.3, 0.4) is 0 Å². The molecule has 62 valence electrons. The second kappa shape index (κ2) is 3.81. The summed E-state index contributed by atoms with van der Waals surface area (Å²) in [6, 6.07) is -1.63. The Kier molecular flexibility index (Phi) is 3.71. The summed E-state index contributed by atoms with van der Waals surface area (Å²) in [6.45, 7) is 1.84. The number of hydrogen-bond donors (Lipinski definition) is 1. The van der Waals surface area contributed by atoms with Crippen molar-refractivity contribution in [2.24, 2.45) is 5.73 Å². The van der Waals surface area contributed by atoms with E-state index in [1.54, 1.807) is 0 Å². The lowest BCUT2D eigenvalue weighted by atomic mass is 10.1. The predicted molar refractivity (Wildman–Crippen MR) is 33.6 cm³/mol. The Balaban J connectivity index is 3.52. The third-order valence-corrected chi connectivity index (χ3v) is 1.29. The second-order valence-electron chi connectivity index (χ2n) is 2.29. The summed E-state index contributed by atoms with van der Waals surface area (Å²) >= 11 is 0. The topological polar surface area (TPSA) is 26.0 Å². The molecular weight excluding hydrogens is 143 g/mol. The molecule has 0 bridgehead atoms. The molecule has 0 spiro atoms. The van der Waals surface area contributed by atoms with E-state index in [4.69, 9.17) is 5.73 Å². The maximum atomic E-state index is 11.6. The number of alkyl halides is 3. The fourth-order valence-electron chi connectivity index (χ4n) is 0.588. The van der Waals surface area contributed by atoms with Crippen molar-refractivity contribution in [3.05, 3.63) is 0 Å². The van der Waals surface area contributed by atoms with Gasteiger partial charge in [-0.15, -0.1) is 0 Å². The van der Waals surface area contributed by atoms with Crippen molar-refractivity contribution in [1.82, 2.24) is 0 Å². The quantitative estimate of drug-likeness (QED) is 0.663. The van der Waals surface area contributed by atoms with Gasteiger partial charge in [-0.05, 0) is 6.42 Å². The molecule has 0 aromatic rings. The highest BCUT2D eigenvalue weighted by Gasteiger charge is 2.35. The zero-order valence-corrected chi connectivity index (χ0v) is 5.91. The Morgan fingerprint density at radius 3 is 2.20 bits per heavy atom. The third kappa shape index (κ3) is 3.71. The molecule has 0 radical (unpaired) electrons. The van der Waals surface area contributed by atoms with Crippen LogP contribution >= 0.6 is 0 Å². The van der Waals surface area contributed by atoms with E-state index in [0.717, 1.165) is 6.42 Å². The minimum atomic E-state index is -4.21. The maximum absolute atomic E-state index is 11.6. The highest BCUT2D eigenvalue weighted by molar-refractivity contribution is 4.69. The van der Waals surface area contributed by atoms with Gasteiger partial charge in [0.2, 0.25) is 0 Å². The van der Waals surface area contributed by atoms with E-state index in [2.05, 4.69) is 0 Å². The van der Waals surface area contributed by atoms with Crippen LogP contribution < -0.4 is 5.73 Å². The SMILES string of the molecule is CCCC[C@H](N)C(F)(F)F. The lowest BCUT2D eigenvalue weighted by Crippen LogP contribution is -2.36. The van der Waals surface area contributed by atoms with Crippen molar-refractivity contribution in [1.29, 1.82) is 0 Å². The molecule has 0 aliphatic heterocycles. The van der Waals surface area contributed by atoms with Gasteiger partial charge in [-0.3, -0.25) is 0 Å². The molecule has 0 aromatic carbocycles. The molecular formula is C6H12F3N. The minimum absolute atomic E-state index is 0.0417. The summed E-state index contributed by atoms with van der Waals surface area (Å²) in [7, 11) is 0. The molecule has 0 fully saturated rings. The van der Waals surface area contributed by atoms with E-state index in [0.29, 0.717) is 6.42 Å². The van der Waals surface area contributed by atoms with E-state index >= 15 is 0 Å². The molecule has 0 heterocycles. The average molecular weight is 155 g/mol. The monoisotopic (exact) mass is 155 g/mol. The average Bonchev–Trinajstić information content (AvgIpc) is 1.80. The van der Waals surface area contributed by atoms with Crippen molar-refractivity contribution in [3.8, 4) is 0 Å². The van der Waals surface area contributed by atoms with Crippen molar-refractivity contribution >= 4 is 0 Å². The van der Waals surface area contributed by atoms with Gasteiger partial charge in [0.15, 0.2) is 0 Å². The van der Waals surface area contributed by atoms with Crippen LogP contribution in [0.25, 0.3) is 0 Å². The van der Waals surface area contributed by atoms with Gasteiger partial charge in [0.25, 0.3) is 0 Å². The first-order valence-corrected chi connectivity index (χ1v) is 3.30. The number of hydrogen-bond acceptors (Lipinski definition) is 1. The molecule has 0 aliphatic rings. The smallest absolute Gasteiger partial charge is 0.320 e. The molecule has 0 rings (SSSR count). The van der Waals surface area contributed by atoms with Crippen molar-refractivity contribution in [3.63, 3.8) is 0 Å². The van der Waals surface area contributed by atoms with Crippen LogP contribution in [-0.4, -0.2) is 12.2 Å². The Hall–Kier alpha value is -0.250. The molecule has 10 heavy (non-hydrogen) atoms. The fraction of sp³-hybridized carbons (Fsp3) is 1.00. The summed E-state index contributed by atoms with van der Waals surface area (Å²) in [5.74, 6) is 0. The van der Waals surface area contributed by atoms with Gasteiger partial charge < -0.3 is 5.73 Å². The predicted octanol–water partition coefficient (Wildman–Crippen LogP) is 2.07. The largest absolute Gasteiger partial charge is 0.403 e. The third-order valence-electron chi connectivity index (χ3n) is 1.29. The standard InChI is InChI=1S/C6H12F3N/c1-2-3-4-5(10)6(7,8)9/h5H,2-4,10H2,1H3/t5-/m0/s1. The van der Waals surface area contributed by atoms with Crippen molar-refractivity contribution < 1.29 is 13.2 Å². The van der Waals surface area contributed by atoms with Gasteiger partial charge in [-0.25, -0.2) is 0 Å². The summed E-state index contributed by atoms with van der Waals surface area (Å²) in [5.41, 5.74) is 4.81. The van der Waals surface area contributed by atoms with Crippen LogP contribution in [0.1, 0.15) is 26.2 Å². The zero-order valence-electron chi connectivity index (χ0n) is 5.91. The molecule has 0 saturated heterocycles. The number of nitrogens with two attached hydrogens (primary N) is 1. The Morgan fingerprint density at radius 1 is 1.40 bits per heavy atom. The Bertz CT molecular complexity index is 89.5. The zero-order chi connectivity index (χ0) is 8.20. The van der Waals surface area contributed by atoms with E-state index in [1.807, 2.05) is 6.92 Å². The van der Waals surface area contributed by atoms with Gasteiger partial charge in [0.05, 0.1) is 0 Å². The molecule has 0 saturated carbocycles. The summed E-state index contributed by atoms with van der Waals surface area (Å²) in [6.07, 6.45) is -2.88. The van der Waals surface area contributed by atoms with E-state index in [-0.39, 0.29) is 6.42 Å². The number of rotatable bonds is 3. The van der Waals surface area contributed by atoms with Crippen LogP contribution in [0, 0.1) is 0 Å². The highest BCUT2D eigenvalue weighted by Crippen LogP contribution is 2.21. The molecule has 0 amide bonds. The van der Waals surface area contributed by atoms with Crippen LogP contribution in [0.5, 0.6) is 0 Å². The van der Waals surface area contributed by atoms with Crippen LogP contribution in [0.15, 0.2) is 0 Å². The Labute approximate surface area is 58.4 Å². The summed E-state index contributed by atoms with van der Waals surface area (Å²) in [4.78, 5) is 0. The van der Waals surface area contributed by atoms with Gasteiger partial charge in [-0.1, -0.05) is 19.8 Å².